The number of carbonyl (C=O) groups is 4. The smallest absolute Gasteiger partial charge is 0.462 e. The zero-order valence-electron chi connectivity index (χ0n) is 67.1. The molecule has 102 heavy (non-hydrogen) atoms. The third-order valence-electron chi connectivity index (χ3n) is 19.4. The molecule has 0 aromatic rings. The summed E-state index contributed by atoms with van der Waals surface area (Å²) in [5, 5.41) is 10.7. The van der Waals surface area contributed by atoms with E-state index < -0.39 is 97.5 Å². The summed E-state index contributed by atoms with van der Waals surface area (Å²) in [7, 11) is -9.92. The molecule has 2 unspecified atom stereocenters. The van der Waals surface area contributed by atoms with Crippen LogP contribution in [0.25, 0.3) is 0 Å². The van der Waals surface area contributed by atoms with Crippen LogP contribution in [-0.4, -0.2) is 96.7 Å². The minimum atomic E-state index is -4.96. The monoisotopic (exact) mass is 1490 g/mol. The van der Waals surface area contributed by atoms with Crippen molar-refractivity contribution in [3.05, 3.63) is 0 Å². The van der Waals surface area contributed by atoms with E-state index in [0.717, 1.165) is 108 Å². The Morgan fingerprint density at radius 2 is 0.451 bits per heavy atom. The first-order valence-electron chi connectivity index (χ1n) is 42.8. The molecular weight excluding hydrogens is 1330 g/mol. The molecule has 0 heterocycles. The zero-order chi connectivity index (χ0) is 75.1. The Hall–Kier alpha value is -1.94. The number of hydrogen-bond donors (Lipinski definition) is 3. The predicted molar refractivity (Wildman–Crippen MR) is 418 cm³/mol. The number of hydrogen-bond acceptors (Lipinski definition) is 15. The number of unbranched alkanes of at least 4 members (excludes halogenated alkanes) is 49. The van der Waals surface area contributed by atoms with Gasteiger partial charge in [0.2, 0.25) is 0 Å². The molecule has 5 atom stereocenters. The lowest BCUT2D eigenvalue weighted by atomic mass is 10.0. The molecule has 0 saturated heterocycles. The van der Waals surface area contributed by atoms with Gasteiger partial charge in [0.05, 0.1) is 26.4 Å². The van der Waals surface area contributed by atoms with E-state index in [-0.39, 0.29) is 25.7 Å². The lowest BCUT2D eigenvalue weighted by Gasteiger charge is -2.21. The molecule has 0 bridgehead atoms. The SMILES string of the molecule is CCCCCCCCCCCCCCC(=O)OC[C@H](COP(=O)(O)OC[C@H](O)COP(=O)(O)OC[C@@H](COC(=O)CCCCCCCCCCCCCCCCCC(C)C)OC(=O)CCCCCCCCCCCCCCCCCC(C)C)OC(=O)CCCCCCCCCCCCCC(C)C. The molecule has 0 spiro atoms. The summed E-state index contributed by atoms with van der Waals surface area (Å²) in [6.45, 7) is 12.0. The van der Waals surface area contributed by atoms with Gasteiger partial charge in [-0.1, -0.05) is 382 Å². The Morgan fingerprint density at radius 1 is 0.265 bits per heavy atom. The van der Waals surface area contributed by atoms with Crippen LogP contribution in [0.4, 0.5) is 0 Å². The van der Waals surface area contributed by atoms with Gasteiger partial charge in [-0.05, 0) is 43.4 Å². The molecule has 3 N–H and O–H groups in total. The van der Waals surface area contributed by atoms with Gasteiger partial charge in [0.15, 0.2) is 12.2 Å². The predicted octanol–water partition coefficient (Wildman–Crippen LogP) is 24.9. The molecule has 17 nitrogen and oxygen atoms in total. The second-order valence-electron chi connectivity index (χ2n) is 31.3. The van der Waals surface area contributed by atoms with Crippen LogP contribution in [0.15, 0.2) is 0 Å². The van der Waals surface area contributed by atoms with E-state index in [1.54, 1.807) is 0 Å². The number of aliphatic hydroxyl groups excluding tert-OH is 1. The van der Waals surface area contributed by atoms with Gasteiger partial charge in [-0.15, -0.1) is 0 Å². The van der Waals surface area contributed by atoms with E-state index in [1.165, 1.54) is 244 Å². The normalized spacial score (nSPS) is 13.9. The summed E-state index contributed by atoms with van der Waals surface area (Å²) in [5.41, 5.74) is 0. The van der Waals surface area contributed by atoms with Crippen LogP contribution >= 0.6 is 15.6 Å². The van der Waals surface area contributed by atoms with Crippen molar-refractivity contribution in [2.45, 2.75) is 452 Å². The van der Waals surface area contributed by atoms with Gasteiger partial charge >= 0.3 is 39.5 Å². The highest BCUT2D eigenvalue weighted by atomic mass is 31.2. The van der Waals surface area contributed by atoms with Crippen molar-refractivity contribution in [3.8, 4) is 0 Å². The van der Waals surface area contributed by atoms with E-state index in [1.807, 2.05) is 0 Å². The van der Waals surface area contributed by atoms with Crippen molar-refractivity contribution in [3.63, 3.8) is 0 Å². The molecule has 0 aromatic heterocycles. The third kappa shape index (κ3) is 76.3. The number of rotatable bonds is 81. The van der Waals surface area contributed by atoms with Crippen molar-refractivity contribution in [2.24, 2.45) is 17.8 Å². The van der Waals surface area contributed by atoms with Crippen molar-refractivity contribution in [2.75, 3.05) is 39.6 Å². The van der Waals surface area contributed by atoms with Gasteiger partial charge in [-0.2, -0.15) is 0 Å². The number of carbonyl (C=O) groups excluding carboxylic acids is 4. The Kier molecular flexibility index (Phi) is 71.8. The Bertz CT molecular complexity index is 1970. The molecule has 0 fully saturated rings. The number of aliphatic hydroxyl groups is 1. The minimum absolute atomic E-state index is 0.107. The first-order chi connectivity index (χ1) is 49.2. The molecule has 606 valence electrons. The Labute approximate surface area is 626 Å². The van der Waals surface area contributed by atoms with Crippen LogP contribution in [0.1, 0.15) is 434 Å². The zero-order valence-corrected chi connectivity index (χ0v) is 68.9. The molecule has 0 aliphatic heterocycles. The first kappa shape index (κ1) is 100. The average Bonchev–Trinajstić information content (AvgIpc) is 0.940. The standard InChI is InChI=1S/C83H162O17P2/c1-8-9-10-11-12-13-14-29-36-43-50-57-64-80(85)93-70-79(100-83(88)67-60-53-46-39-32-25-28-35-42-49-56-63-76(6)7)73-98-102(91,92)96-69-77(84)68-95-101(89,90)97-72-78(99-82(87)66-59-52-45-38-31-24-20-16-18-22-27-34-41-48-55-62-75(4)5)71-94-81(86)65-58-51-44-37-30-23-19-15-17-21-26-33-40-47-54-61-74(2)3/h74-79,84H,8-73H2,1-7H3,(H,89,90)(H,91,92)/t77-,78-,79-/m1/s1. The molecule has 0 saturated carbocycles. The van der Waals surface area contributed by atoms with Crippen LogP contribution < -0.4 is 0 Å². The largest absolute Gasteiger partial charge is 0.472 e. The van der Waals surface area contributed by atoms with Crippen molar-refractivity contribution in [1.29, 1.82) is 0 Å². The van der Waals surface area contributed by atoms with E-state index in [4.69, 9.17) is 37.0 Å². The number of ether oxygens (including phenoxy) is 4. The van der Waals surface area contributed by atoms with Gasteiger partial charge in [-0.3, -0.25) is 37.3 Å². The molecule has 19 heteroatoms. The van der Waals surface area contributed by atoms with Crippen molar-refractivity contribution in [1.82, 2.24) is 0 Å². The van der Waals surface area contributed by atoms with E-state index >= 15 is 0 Å². The van der Waals surface area contributed by atoms with Gasteiger partial charge in [0, 0.05) is 25.7 Å². The highest BCUT2D eigenvalue weighted by molar-refractivity contribution is 7.47. The van der Waals surface area contributed by atoms with Gasteiger partial charge in [0.1, 0.15) is 19.3 Å². The maximum absolute atomic E-state index is 13.1. The van der Waals surface area contributed by atoms with Gasteiger partial charge in [-0.25, -0.2) is 9.13 Å². The molecule has 0 aromatic carbocycles. The summed E-state index contributed by atoms with van der Waals surface area (Å²) in [6, 6.07) is 0. The summed E-state index contributed by atoms with van der Waals surface area (Å²) in [4.78, 5) is 73.1. The minimum Gasteiger partial charge on any atom is -0.462 e. The second-order valence-corrected chi connectivity index (χ2v) is 34.2. The van der Waals surface area contributed by atoms with Crippen LogP contribution in [0.5, 0.6) is 0 Å². The fourth-order valence-corrected chi connectivity index (χ4v) is 14.4. The van der Waals surface area contributed by atoms with Crippen LogP contribution in [-0.2, 0) is 65.4 Å². The Balaban J connectivity index is 5.26. The first-order valence-corrected chi connectivity index (χ1v) is 45.8. The summed E-state index contributed by atoms with van der Waals surface area (Å²) in [5.74, 6) is 0.268. The quantitative estimate of drug-likeness (QED) is 0.0222. The molecule has 0 rings (SSSR count). The van der Waals surface area contributed by atoms with Crippen LogP contribution in [0, 0.1) is 17.8 Å². The molecule has 0 aliphatic rings. The van der Waals surface area contributed by atoms with E-state index in [9.17, 15) is 43.2 Å². The fraction of sp³-hybridized carbons (Fsp3) is 0.952. The highest BCUT2D eigenvalue weighted by Gasteiger charge is 2.30. The summed E-state index contributed by atoms with van der Waals surface area (Å²) in [6.07, 6.45) is 62.3. The lowest BCUT2D eigenvalue weighted by molar-refractivity contribution is -0.161. The van der Waals surface area contributed by atoms with Gasteiger partial charge in [0.25, 0.3) is 0 Å². The maximum atomic E-state index is 13.1. The lowest BCUT2D eigenvalue weighted by Crippen LogP contribution is -2.30. The molecule has 0 amide bonds. The Morgan fingerprint density at radius 3 is 0.667 bits per heavy atom. The van der Waals surface area contributed by atoms with Crippen molar-refractivity contribution < 1.29 is 80.2 Å². The second kappa shape index (κ2) is 73.2. The topological polar surface area (TPSA) is 237 Å². The number of esters is 4. The highest BCUT2D eigenvalue weighted by Crippen LogP contribution is 2.45. The van der Waals surface area contributed by atoms with Crippen LogP contribution in [0.2, 0.25) is 0 Å². The summed E-state index contributed by atoms with van der Waals surface area (Å²) >= 11 is 0. The van der Waals surface area contributed by atoms with E-state index in [0.29, 0.717) is 25.7 Å². The van der Waals surface area contributed by atoms with Gasteiger partial charge < -0.3 is 33.8 Å². The fourth-order valence-electron chi connectivity index (χ4n) is 12.8. The number of phosphoric acid groups is 2. The number of phosphoric ester groups is 2. The molecular formula is C83H162O17P2. The van der Waals surface area contributed by atoms with Crippen LogP contribution in [0.3, 0.4) is 0 Å². The summed E-state index contributed by atoms with van der Waals surface area (Å²) < 4.78 is 68.8. The molecule has 0 aliphatic carbocycles. The third-order valence-corrected chi connectivity index (χ3v) is 21.3. The maximum Gasteiger partial charge on any atom is 0.472 e. The molecule has 0 radical (unpaired) electrons. The van der Waals surface area contributed by atoms with Crippen molar-refractivity contribution >= 4 is 39.5 Å². The van der Waals surface area contributed by atoms with E-state index in [2.05, 4.69) is 48.5 Å². The average molecular weight is 1490 g/mol.